The first-order valence-electron chi connectivity index (χ1n) is 6.67. The van der Waals surface area contributed by atoms with Gasteiger partial charge in [-0.05, 0) is 19.1 Å². The number of ether oxygens (including phenoxy) is 2. The number of imidazole rings is 1. The molecule has 0 radical (unpaired) electrons. The van der Waals surface area contributed by atoms with Gasteiger partial charge in [-0.2, -0.15) is 0 Å². The maximum atomic E-state index is 6.35. The molecule has 0 aliphatic rings. The second-order valence-corrected chi connectivity index (χ2v) is 4.52. The molecule has 1 unspecified atom stereocenters. The van der Waals surface area contributed by atoms with E-state index in [1.165, 1.54) is 0 Å². The maximum absolute atomic E-state index is 6.35. The Morgan fingerprint density at radius 2 is 1.90 bits per heavy atom. The molecule has 20 heavy (non-hydrogen) atoms. The minimum Gasteiger partial charge on any atom is -0.496 e. The van der Waals surface area contributed by atoms with Crippen molar-refractivity contribution in [3.05, 3.63) is 42.0 Å². The summed E-state index contributed by atoms with van der Waals surface area (Å²) in [6.45, 7) is 2.96. The fraction of sp³-hybridized carbons (Fsp3) is 0.400. The van der Waals surface area contributed by atoms with E-state index in [1.807, 2.05) is 24.4 Å². The second-order valence-electron chi connectivity index (χ2n) is 4.52. The summed E-state index contributed by atoms with van der Waals surface area (Å²) in [5.41, 5.74) is 7.23. The van der Waals surface area contributed by atoms with E-state index in [2.05, 4.69) is 16.5 Å². The highest BCUT2D eigenvalue weighted by Crippen LogP contribution is 2.34. The fourth-order valence-electron chi connectivity index (χ4n) is 2.36. The molecule has 2 rings (SSSR count). The van der Waals surface area contributed by atoms with Gasteiger partial charge in [0.2, 0.25) is 0 Å². The van der Waals surface area contributed by atoms with Gasteiger partial charge in [-0.25, -0.2) is 4.98 Å². The van der Waals surface area contributed by atoms with E-state index >= 15 is 0 Å². The number of nitrogens with zero attached hydrogens (tertiary/aromatic N) is 2. The number of aryl methyl sites for hydroxylation is 1. The minimum absolute atomic E-state index is 0.228. The SMILES string of the molecule is CCn1ccnc1CC(N)c1c(OC)cccc1OC. The van der Waals surface area contributed by atoms with E-state index in [0.717, 1.165) is 29.4 Å². The lowest BCUT2D eigenvalue weighted by Gasteiger charge is -2.19. The third-order valence-electron chi connectivity index (χ3n) is 3.38. The smallest absolute Gasteiger partial charge is 0.127 e. The molecule has 0 aliphatic heterocycles. The number of benzene rings is 1. The van der Waals surface area contributed by atoms with Crippen LogP contribution in [-0.4, -0.2) is 23.8 Å². The van der Waals surface area contributed by atoms with Crippen LogP contribution in [0.15, 0.2) is 30.6 Å². The number of nitrogens with two attached hydrogens (primary N) is 1. The maximum Gasteiger partial charge on any atom is 0.127 e. The average Bonchev–Trinajstić information content (AvgIpc) is 2.93. The lowest BCUT2D eigenvalue weighted by Crippen LogP contribution is -2.18. The highest BCUT2D eigenvalue weighted by atomic mass is 16.5. The predicted octanol–water partition coefficient (Wildman–Crippen LogP) is 2.16. The lowest BCUT2D eigenvalue weighted by molar-refractivity contribution is 0.378. The molecule has 0 amide bonds. The molecule has 1 aromatic heterocycles. The van der Waals surface area contributed by atoms with E-state index < -0.39 is 0 Å². The number of rotatable bonds is 6. The Balaban J connectivity index is 2.31. The summed E-state index contributed by atoms with van der Waals surface area (Å²) < 4.78 is 12.9. The zero-order valence-electron chi connectivity index (χ0n) is 12.2. The Morgan fingerprint density at radius 1 is 1.25 bits per heavy atom. The van der Waals surface area contributed by atoms with Gasteiger partial charge in [0.1, 0.15) is 17.3 Å². The van der Waals surface area contributed by atoms with Crippen LogP contribution in [0, 0.1) is 0 Å². The summed E-state index contributed by atoms with van der Waals surface area (Å²) in [5, 5.41) is 0. The standard InChI is InChI=1S/C15H21N3O2/c1-4-18-9-8-17-14(18)10-11(16)15-12(19-2)6-5-7-13(15)20-3/h5-9,11H,4,10,16H2,1-3H3. The molecule has 0 bridgehead atoms. The molecule has 5 nitrogen and oxygen atoms in total. The second kappa shape index (κ2) is 6.43. The predicted molar refractivity (Wildman–Crippen MR) is 78.1 cm³/mol. The molecule has 0 spiro atoms. The molecule has 2 aromatic rings. The number of hydrogen-bond acceptors (Lipinski definition) is 4. The fourth-order valence-corrected chi connectivity index (χ4v) is 2.36. The Kier molecular flexibility index (Phi) is 4.63. The largest absolute Gasteiger partial charge is 0.496 e. The summed E-state index contributed by atoms with van der Waals surface area (Å²) in [6.07, 6.45) is 4.39. The van der Waals surface area contributed by atoms with Gasteiger partial charge in [-0.15, -0.1) is 0 Å². The third-order valence-corrected chi connectivity index (χ3v) is 3.38. The molecular weight excluding hydrogens is 254 g/mol. The van der Waals surface area contributed by atoms with Gasteiger partial charge < -0.3 is 19.8 Å². The molecular formula is C15H21N3O2. The molecule has 2 N–H and O–H groups in total. The van der Waals surface area contributed by atoms with Gasteiger partial charge in [-0.3, -0.25) is 0 Å². The van der Waals surface area contributed by atoms with Crippen molar-refractivity contribution in [2.45, 2.75) is 25.9 Å². The van der Waals surface area contributed by atoms with Gasteiger partial charge >= 0.3 is 0 Å². The summed E-state index contributed by atoms with van der Waals surface area (Å²) in [4.78, 5) is 4.36. The molecule has 1 heterocycles. The zero-order chi connectivity index (χ0) is 14.5. The molecule has 1 aromatic carbocycles. The highest BCUT2D eigenvalue weighted by Gasteiger charge is 2.19. The quantitative estimate of drug-likeness (QED) is 0.877. The minimum atomic E-state index is -0.228. The van der Waals surface area contributed by atoms with Crippen molar-refractivity contribution >= 4 is 0 Å². The number of methoxy groups -OCH3 is 2. The molecule has 0 aliphatic carbocycles. The van der Waals surface area contributed by atoms with E-state index in [4.69, 9.17) is 15.2 Å². The van der Waals surface area contributed by atoms with E-state index in [9.17, 15) is 0 Å². The highest BCUT2D eigenvalue weighted by molar-refractivity contribution is 5.47. The van der Waals surface area contributed by atoms with Crippen LogP contribution in [0.1, 0.15) is 24.4 Å². The monoisotopic (exact) mass is 275 g/mol. The van der Waals surface area contributed by atoms with Crippen LogP contribution in [0.3, 0.4) is 0 Å². The van der Waals surface area contributed by atoms with Gasteiger partial charge in [-0.1, -0.05) is 6.07 Å². The lowest BCUT2D eigenvalue weighted by atomic mass is 10.0. The topological polar surface area (TPSA) is 62.3 Å². The van der Waals surface area contributed by atoms with Crippen molar-refractivity contribution in [1.82, 2.24) is 9.55 Å². The Bertz CT molecular complexity index is 544. The summed E-state index contributed by atoms with van der Waals surface area (Å²) in [5.74, 6) is 2.45. The van der Waals surface area contributed by atoms with Crippen molar-refractivity contribution in [3.8, 4) is 11.5 Å². The molecule has 0 saturated heterocycles. The van der Waals surface area contributed by atoms with Crippen LogP contribution in [0.5, 0.6) is 11.5 Å². The summed E-state index contributed by atoms with van der Waals surface area (Å²) in [6, 6.07) is 5.45. The Morgan fingerprint density at radius 3 is 2.45 bits per heavy atom. The van der Waals surface area contributed by atoms with Crippen LogP contribution < -0.4 is 15.2 Å². The number of hydrogen-bond donors (Lipinski definition) is 1. The summed E-state index contributed by atoms with van der Waals surface area (Å²) in [7, 11) is 3.27. The van der Waals surface area contributed by atoms with Crippen LogP contribution in [0.2, 0.25) is 0 Å². The van der Waals surface area contributed by atoms with Crippen molar-refractivity contribution < 1.29 is 9.47 Å². The number of aromatic nitrogens is 2. The first-order chi connectivity index (χ1) is 9.71. The van der Waals surface area contributed by atoms with Crippen molar-refractivity contribution in [1.29, 1.82) is 0 Å². The van der Waals surface area contributed by atoms with Gasteiger partial charge in [0.05, 0.1) is 19.8 Å². The first kappa shape index (κ1) is 14.4. The van der Waals surface area contributed by atoms with Crippen molar-refractivity contribution in [2.75, 3.05) is 14.2 Å². The molecule has 0 fully saturated rings. The van der Waals surface area contributed by atoms with E-state index in [1.54, 1.807) is 20.4 Å². The van der Waals surface area contributed by atoms with Crippen LogP contribution >= 0.6 is 0 Å². The van der Waals surface area contributed by atoms with Crippen LogP contribution in [0.4, 0.5) is 0 Å². The summed E-state index contributed by atoms with van der Waals surface area (Å²) >= 11 is 0. The Hall–Kier alpha value is -2.01. The molecule has 1 atom stereocenters. The average molecular weight is 275 g/mol. The van der Waals surface area contributed by atoms with Gasteiger partial charge in [0.25, 0.3) is 0 Å². The van der Waals surface area contributed by atoms with Crippen LogP contribution in [-0.2, 0) is 13.0 Å². The van der Waals surface area contributed by atoms with E-state index in [-0.39, 0.29) is 6.04 Å². The van der Waals surface area contributed by atoms with Gasteiger partial charge in [0.15, 0.2) is 0 Å². The van der Waals surface area contributed by atoms with Crippen LogP contribution in [0.25, 0.3) is 0 Å². The molecule has 108 valence electrons. The first-order valence-corrected chi connectivity index (χ1v) is 6.67. The molecule has 0 saturated carbocycles. The normalized spacial score (nSPS) is 12.2. The Labute approximate surface area is 119 Å². The van der Waals surface area contributed by atoms with E-state index in [0.29, 0.717) is 6.42 Å². The molecule has 5 heteroatoms. The van der Waals surface area contributed by atoms with Gasteiger partial charge in [0, 0.05) is 31.4 Å². The third kappa shape index (κ3) is 2.77. The zero-order valence-corrected chi connectivity index (χ0v) is 12.2. The van der Waals surface area contributed by atoms with Crippen molar-refractivity contribution in [2.24, 2.45) is 5.73 Å². The van der Waals surface area contributed by atoms with Crippen molar-refractivity contribution in [3.63, 3.8) is 0 Å².